The van der Waals surface area contributed by atoms with Crippen molar-refractivity contribution in [3.63, 3.8) is 0 Å². The lowest BCUT2D eigenvalue weighted by Crippen LogP contribution is -2.01. The third kappa shape index (κ3) is 4.05. The molecule has 3 nitrogen and oxygen atoms in total. The number of allylic oxidation sites excluding steroid dienone is 1. The van der Waals surface area contributed by atoms with Crippen molar-refractivity contribution in [3.05, 3.63) is 120 Å². The minimum Gasteiger partial charge on any atom is -0.208 e. The van der Waals surface area contributed by atoms with Gasteiger partial charge in [0.1, 0.15) is 0 Å². The molecular formula is C33H23N3S. The van der Waals surface area contributed by atoms with Gasteiger partial charge in [0.25, 0.3) is 0 Å². The van der Waals surface area contributed by atoms with Gasteiger partial charge in [-0.2, -0.15) is 0 Å². The van der Waals surface area contributed by atoms with Crippen LogP contribution in [-0.4, -0.2) is 15.0 Å². The Kier molecular flexibility index (Phi) is 5.45. The Morgan fingerprint density at radius 1 is 0.568 bits per heavy atom. The Labute approximate surface area is 219 Å². The van der Waals surface area contributed by atoms with Crippen LogP contribution in [0.4, 0.5) is 0 Å². The SMILES string of the molecule is C1=Cc2c(sc3cccc(-c4nc(-c5ccccc5)nc(-c5cccc(-c6ccccc6)c5)n4)c23)CC1. The maximum Gasteiger partial charge on any atom is 0.164 e. The van der Waals surface area contributed by atoms with Crippen LogP contribution in [0.5, 0.6) is 0 Å². The zero-order chi connectivity index (χ0) is 24.6. The summed E-state index contributed by atoms with van der Waals surface area (Å²) < 4.78 is 1.28. The molecular weight excluding hydrogens is 470 g/mol. The van der Waals surface area contributed by atoms with Gasteiger partial charge in [0, 0.05) is 31.7 Å². The molecule has 4 aromatic carbocycles. The van der Waals surface area contributed by atoms with Crippen LogP contribution in [0, 0.1) is 0 Å². The first-order valence-electron chi connectivity index (χ1n) is 12.5. The number of fused-ring (bicyclic) bond motifs is 3. The summed E-state index contributed by atoms with van der Waals surface area (Å²) in [4.78, 5) is 16.5. The summed E-state index contributed by atoms with van der Waals surface area (Å²) in [6, 6.07) is 35.5. The third-order valence-electron chi connectivity index (χ3n) is 6.79. The molecule has 0 radical (unpaired) electrons. The minimum absolute atomic E-state index is 0.679. The van der Waals surface area contributed by atoms with Crippen molar-refractivity contribution in [2.24, 2.45) is 0 Å². The first-order chi connectivity index (χ1) is 18.3. The molecule has 0 amide bonds. The number of aryl methyl sites for hydroxylation is 1. The fourth-order valence-corrected chi connectivity index (χ4v) is 6.23. The number of benzene rings is 4. The van der Waals surface area contributed by atoms with Gasteiger partial charge in [-0.15, -0.1) is 11.3 Å². The number of rotatable bonds is 4. The lowest BCUT2D eigenvalue weighted by molar-refractivity contribution is 1.02. The van der Waals surface area contributed by atoms with Gasteiger partial charge in [-0.05, 0) is 41.7 Å². The zero-order valence-corrected chi connectivity index (χ0v) is 21.0. The average molecular weight is 494 g/mol. The third-order valence-corrected chi connectivity index (χ3v) is 8.02. The van der Waals surface area contributed by atoms with Crippen molar-refractivity contribution in [1.29, 1.82) is 0 Å². The van der Waals surface area contributed by atoms with Crippen LogP contribution in [0.3, 0.4) is 0 Å². The summed E-state index contributed by atoms with van der Waals surface area (Å²) in [6.45, 7) is 0. The van der Waals surface area contributed by atoms with Crippen LogP contribution in [-0.2, 0) is 6.42 Å². The van der Waals surface area contributed by atoms with E-state index in [1.165, 1.54) is 26.1 Å². The first-order valence-corrected chi connectivity index (χ1v) is 13.3. The molecule has 0 aliphatic heterocycles. The Morgan fingerprint density at radius 2 is 1.22 bits per heavy atom. The molecule has 0 spiro atoms. The van der Waals surface area contributed by atoms with Crippen molar-refractivity contribution < 1.29 is 0 Å². The predicted molar refractivity (Wildman–Crippen MR) is 154 cm³/mol. The molecule has 6 aromatic rings. The van der Waals surface area contributed by atoms with Crippen LogP contribution in [0.15, 0.2) is 109 Å². The summed E-state index contributed by atoms with van der Waals surface area (Å²) in [6.07, 6.45) is 6.73. The summed E-state index contributed by atoms with van der Waals surface area (Å²) in [7, 11) is 0. The van der Waals surface area contributed by atoms with Crippen LogP contribution in [0.25, 0.3) is 61.5 Å². The van der Waals surface area contributed by atoms with Gasteiger partial charge in [0.15, 0.2) is 17.5 Å². The second-order valence-electron chi connectivity index (χ2n) is 9.18. The molecule has 2 aromatic heterocycles. The highest BCUT2D eigenvalue weighted by Gasteiger charge is 2.19. The Balaban J connectivity index is 1.45. The molecule has 1 aliphatic rings. The van der Waals surface area contributed by atoms with Gasteiger partial charge >= 0.3 is 0 Å². The number of thiophene rings is 1. The van der Waals surface area contributed by atoms with Gasteiger partial charge < -0.3 is 0 Å². The van der Waals surface area contributed by atoms with Gasteiger partial charge in [0.05, 0.1) is 0 Å². The highest BCUT2D eigenvalue weighted by atomic mass is 32.1. The summed E-state index contributed by atoms with van der Waals surface area (Å²) in [5, 5.41) is 1.24. The van der Waals surface area contributed by atoms with Crippen molar-refractivity contribution in [1.82, 2.24) is 15.0 Å². The second kappa shape index (κ2) is 9.23. The van der Waals surface area contributed by atoms with Crippen LogP contribution in [0.2, 0.25) is 0 Å². The molecule has 0 fully saturated rings. The summed E-state index contributed by atoms with van der Waals surface area (Å²) in [5.41, 5.74) is 6.63. The standard InChI is InChI=1S/C33H23N3S/c1-3-11-22(12-4-1)24-15-9-16-25(21-24)32-34-31(23-13-5-2-6-14-23)35-33(36-32)27-18-10-20-29-30(27)26-17-7-8-19-28(26)37-29/h1-7,9-18,20-21H,8,19H2. The Hall–Kier alpha value is -4.41. The number of aromatic nitrogens is 3. The van der Waals surface area contributed by atoms with E-state index in [2.05, 4.69) is 91.0 Å². The fourth-order valence-electron chi connectivity index (χ4n) is 5.00. The molecule has 0 bridgehead atoms. The molecule has 0 atom stereocenters. The maximum absolute atomic E-state index is 5.07. The molecule has 0 saturated carbocycles. The van der Waals surface area contributed by atoms with Crippen LogP contribution >= 0.6 is 11.3 Å². The smallest absolute Gasteiger partial charge is 0.164 e. The second-order valence-corrected chi connectivity index (χ2v) is 10.3. The number of nitrogens with zero attached hydrogens (tertiary/aromatic N) is 3. The van der Waals surface area contributed by atoms with E-state index in [1.54, 1.807) is 0 Å². The lowest BCUT2D eigenvalue weighted by atomic mass is 9.99. The van der Waals surface area contributed by atoms with Crippen molar-refractivity contribution in [3.8, 4) is 45.3 Å². The highest BCUT2D eigenvalue weighted by molar-refractivity contribution is 7.19. The van der Waals surface area contributed by atoms with Crippen molar-refractivity contribution in [2.75, 3.05) is 0 Å². The summed E-state index contributed by atoms with van der Waals surface area (Å²) >= 11 is 1.89. The van der Waals surface area contributed by atoms with E-state index < -0.39 is 0 Å². The molecule has 37 heavy (non-hydrogen) atoms. The predicted octanol–water partition coefficient (Wildman–Crippen LogP) is 8.71. The van der Waals surface area contributed by atoms with E-state index in [0.29, 0.717) is 17.5 Å². The van der Waals surface area contributed by atoms with E-state index in [9.17, 15) is 0 Å². The summed E-state index contributed by atoms with van der Waals surface area (Å²) in [5.74, 6) is 2.07. The van der Waals surface area contributed by atoms with Crippen LogP contribution in [0.1, 0.15) is 16.9 Å². The first kappa shape index (κ1) is 21.8. The van der Waals surface area contributed by atoms with Crippen molar-refractivity contribution in [2.45, 2.75) is 12.8 Å². The molecule has 1 aliphatic carbocycles. The molecule has 4 heteroatoms. The highest BCUT2D eigenvalue weighted by Crippen LogP contribution is 2.41. The van der Waals surface area contributed by atoms with E-state index in [4.69, 9.17) is 15.0 Å². The van der Waals surface area contributed by atoms with Crippen LogP contribution < -0.4 is 0 Å². The lowest BCUT2D eigenvalue weighted by Gasteiger charge is -2.11. The maximum atomic E-state index is 5.07. The topological polar surface area (TPSA) is 38.7 Å². The van der Waals surface area contributed by atoms with Gasteiger partial charge in [-0.1, -0.05) is 103 Å². The Morgan fingerprint density at radius 3 is 2.03 bits per heavy atom. The van der Waals surface area contributed by atoms with Crippen molar-refractivity contribution >= 4 is 27.5 Å². The largest absolute Gasteiger partial charge is 0.208 e. The number of hydrogen-bond donors (Lipinski definition) is 0. The molecule has 176 valence electrons. The normalized spacial score (nSPS) is 12.5. The zero-order valence-electron chi connectivity index (χ0n) is 20.1. The van der Waals surface area contributed by atoms with Gasteiger partial charge in [-0.3, -0.25) is 0 Å². The monoisotopic (exact) mass is 493 g/mol. The Bertz CT molecular complexity index is 1770. The fraction of sp³-hybridized carbons (Fsp3) is 0.0606. The minimum atomic E-state index is 0.679. The molecule has 0 N–H and O–H groups in total. The van der Waals surface area contributed by atoms with E-state index in [0.717, 1.165) is 35.1 Å². The van der Waals surface area contributed by atoms with E-state index in [-0.39, 0.29) is 0 Å². The van der Waals surface area contributed by atoms with E-state index in [1.807, 2.05) is 35.6 Å². The van der Waals surface area contributed by atoms with E-state index >= 15 is 0 Å². The van der Waals surface area contributed by atoms with Gasteiger partial charge in [-0.25, -0.2) is 15.0 Å². The molecule has 0 unspecified atom stereocenters. The van der Waals surface area contributed by atoms with Gasteiger partial charge in [0.2, 0.25) is 0 Å². The quantitative estimate of drug-likeness (QED) is 0.246. The molecule has 0 saturated heterocycles. The molecule has 7 rings (SSSR count). The average Bonchev–Trinajstić information content (AvgIpc) is 3.37. The number of hydrogen-bond acceptors (Lipinski definition) is 4. The molecule has 2 heterocycles.